The predicted molar refractivity (Wildman–Crippen MR) is 152 cm³/mol. The van der Waals surface area contributed by atoms with Crippen LogP contribution in [0.2, 0.25) is 0 Å². The minimum Gasteiger partial charge on any atom is -0.478 e. The van der Waals surface area contributed by atoms with Gasteiger partial charge in [0.15, 0.2) is 0 Å². The highest BCUT2D eigenvalue weighted by atomic mass is 16.4. The normalized spacial score (nSPS) is 15.1. The Morgan fingerprint density at radius 3 is 2.33 bits per heavy atom. The molecule has 0 spiro atoms. The average Bonchev–Trinajstić information content (AvgIpc) is 3.34. The number of para-hydroxylation sites is 1. The van der Waals surface area contributed by atoms with Gasteiger partial charge in [-0.3, -0.25) is 9.36 Å². The van der Waals surface area contributed by atoms with E-state index in [1.165, 1.54) is 11.1 Å². The van der Waals surface area contributed by atoms with Crippen molar-refractivity contribution in [2.24, 2.45) is 0 Å². The Morgan fingerprint density at radius 1 is 1.08 bits per heavy atom. The van der Waals surface area contributed by atoms with E-state index in [4.69, 9.17) is 10.2 Å². The van der Waals surface area contributed by atoms with Gasteiger partial charge in [0, 0.05) is 37.0 Å². The van der Waals surface area contributed by atoms with Crippen molar-refractivity contribution in [2.45, 2.75) is 58.3 Å². The van der Waals surface area contributed by atoms with Crippen LogP contribution in [0.25, 0.3) is 10.9 Å². The molecule has 1 atom stereocenters. The van der Waals surface area contributed by atoms with Gasteiger partial charge >= 0.3 is 5.97 Å². The second-order valence-corrected chi connectivity index (χ2v) is 10.3. The van der Waals surface area contributed by atoms with Crippen molar-refractivity contribution in [3.63, 3.8) is 0 Å². The molecule has 1 aromatic heterocycles. The molecule has 2 aliphatic rings. The van der Waals surface area contributed by atoms with Gasteiger partial charge in [0.2, 0.25) is 5.95 Å². The van der Waals surface area contributed by atoms with Crippen molar-refractivity contribution in [1.82, 2.24) is 9.55 Å². The van der Waals surface area contributed by atoms with Crippen LogP contribution in [0.3, 0.4) is 0 Å². The summed E-state index contributed by atoms with van der Waals surface area (Å²) in [5, 5.41) is 20.1. The highest BCUT2D eigenvalue weighted by molar-refractivity contribution is 5.94. The number of rotatable bonds is 6. The number of aromatic nitrogens is 2. The monoisotopic (exact) mass is 521 g/mol. The highest BCUT2D eigenvalue weighted by Crippen LogP contribution is 2.37. The SMILES string of the molecule is C#N.Cc1cc(C(C)Nc2ccccc2C(=O)O)c2nc(N3Cc4ccccc4C3)n(C3CCC3)c(=O)c2c1. The van der Waals surface area contributed by atoms with E-state index in [-0.39, 0.29) is 23.2 Å². The summed E-state index contributed by atoms with van der Waals surface area (Å²) in [5.74, 6) is -0.261. The maximum Gasteiger partial charge on any atom is 0.337 e. The van der Waals surface area contributed by atoms with Crippen molar-refractivity contribution in [3.05, 3.63) is 98.8 Å². The maximum atomic E-state index is 14.0. The van der Waals surface area contributed by atoms with E-state index in [2.05, 4.69) is 41.1 Å². The Labute approximate surface area is 227 Å². The fraction of sp³-hybridized carbons (Fsp3) is 0.290. The van der Waals surface area contributed by atoms with Gasteiger partial charge in [-0.2, -0.15) is 0 Å². The summed E-state index contributed by atoms with van der Waals surface area (Å²) in [5.41, 5.74) is 5.81. The molecule has 1 unspecified atom stereocenters. The lowest BCUT2D eigenvalue weighted by Gasteiger charge is -2.32. The number of carboxylic acids is 1. The Balaban J connectivity index is 0.00000151. The standard InChI is InChI=1S/C30H30N4O3.CHN/c1-18-14-24(19(2)31-26-13-6-5-12-23(26)29(36)37)27-25(15-18)28(35)34(22-10-7-11-22)30(32-27)33-16-20-8-3-4-9-21(20)17-33;1-2/h3-6,8-9,12-15,19,22,31H,7,10-11,16-17H2,1-2H3,(H,36,37);1H. The van der Waals surface area contributed by atoms with Crippen molar-refractivity contribution >= 4 is 28.5 Å². The Morgan fingerprint density at radius 2 is 1.72 bits per heavy atom. The van der Waals surface area contributed by atoms with E-state index in [0.717, 1.165) is 49.4 Å². The average molecular weight is 522 g/mol. The van der Waals surface area contributed by atoms with Crippen molar-refractivity contribution in [2.75, 3.05) is 10.2 Å². The number of benzene rings is 3. The topological polar surface area (TPSA) is 111 Å². The van der Waals surface area contributed by atoms with E-state index in [9.17, 15) is 14.7 Å². The summed E-state index contributed by atoms with van der Waals surface area (Å²) in [6, 6.07) is 19.2. The first kappa shape index (κ1) is 26.0. The fourth-order valence-electron chi connectivity index (χ4n) is 5.58. The molecule has 0 saturated heterocycles. The molecule has 6 rings (SSSR count). The smallest absolute Gasteiger partial charge is 0.337 e. The number of anilines is 2. The quantitative estimate of drug-likeness (QED) is 0.322. The molecule has 2 N–H and O–H groups in total. The van der Waals surface area contributed by atoms with Crippen LogP contribution in [0.5, 0.6) is 0 Å². The Bertz CT molecular complexity index is 1610. The zero-order valence-corrected chi connectivity index (χ0v) is 22.1. The van der Waals surface area contributed by atoms with Gasteiger partial charge in [0.05, 0.1) is 22.5 Å². The van der Waals surface area contributed by atoms with Gasteiger partial charge in [-0.15, -0.1) is 0 Å². The summed E-state index contributed by atoms with van der Waals surface area (Å²) < 4.78 is 1.93. The second-order valence-electron chi connectivity index (χ2n) is 10.3. The van der Waals surface area contributed by atoms with Crippen molar-refractivity contribution < 1.29 is 9.90 Å². The molecule has 8 nitrogen and oxygen atoms in total. The molecule has 3 aromatic carbocycles. The molecular formula is C31H31N5O3. The van der Waals surface area contributed by atoms with Crippen LogP contribution < -0.4 is 15.8 Å². The first-order chi connectivity index (χ1) is 18.9. The van der Waals surface area contributed by atoms with Crippen molar-refractivity contribution in [3.8, 4) is 6.57 Å². The molecule has 1 fully saturated rings. The summed E-state index contributed by atoms with van der Waals surface area (Å²) >= 11 is 0. The third kappa shape index (κ3) is 4.72. The van der Waals surface area contributed by atoms with Gasteiger partial charge in [0.25, 0.3) is 5.56 Å². The van der Waals surface area contributed by atoms with Gasteiger partial charge in [0.1, 0.15) is 0 Å². The van der Waals surface area contributed by atoms with Crippen LogP contribution in [0.15, 0.2) is 65.5 Å². The van der Waals surface area contributed by atoms with Crippen molar-refractivity contribution in [1.29, 1.82) is 5.26 Å². The van der Waals surface area contributed by atoms with Crippen LogP contribution >= 0.6 is 0 Å². The molecule has 39 heavy (non-hydrogen) atoms. The Kier molecular flexibility index (Phi) is 7.07. The number of hydrogen-bond donors (Lipinski definition) is 2. The molecule has 2 heterocycles. The first-order valence-electron chi connectivity index (χ1n) is 13.1. The van der Waals surface area contributed by atoms with E-state index >= 15 is 0 Å². The minimum absolute atomic E-state index is 0.00347. The number of nitrogens with one attached hydrogen (secondary N) is 1. The van der Waals surface area contributed by atoms with E-state index < -0.39 is 5.97 Å². The maximum absolute atomic E-state index is 14.0. The van der Waals surface area contributed by atoms with E-state index in [0.29, 0.717) is 16.6 Å². The molecule has 4 aromatic rings. The second kappa shape index (κ2) is 10.6. The van der Waals surface area contributed by atoms with Gasteiger partial charge in [-0.25, -0.2) is 15.0 Å². The number of hydrogen-bond acceptors (Lipinski definition) is 6. The summed E-state index contributed by atoms with van der Waals surface area (Å²) in [7, 11) is 0. The number of carbonyl (C=O) groups is 1. The molecule has 8 heteroatoms. The number of nitriles is 1. The summed E-state index contributed by atoms with van der Waals surface area (Å²) in [6.45, 7) is 8.92. The Hall–Kier alpha value is -4.64. The minimum atomic E-state index is -0.984. The van der Waals surface area contributed by atoms with Gasteiger partial charge in [-0.1, -0.05) is 42.5 Å². The zero-order chi connectivity index (χ0) is 27.7. The molecule has 198 valence electrons. The number of fused-ring (bicyclic) bond motifs is 2. The molecule has 1 saturated carbocycles. The lowest BCUT2D eigenvalue weighted by Crippen LogP contribution is -2.35. The lowest BCUT2D eigenvalue weighted by atomic mass is 9.92. The molecular weight excluding hydrogens is 490 g/mol. The third-order valence-corrected chi connectivity index (χ3v) is 7.72. The van der Waals surface area contributed by atoms with E-state index in [1.54, 1.807) is 18.2 Å². The summed E-state index contributed by atoms with van der Waals surface area (Å²) in [6.07, 6.45) is 3.10. The molecule has 0 bridgehead atoms. The third-order valence-electron chi connectivity index (χ3n) is 7.72. The van der Waals surface area contributed by atoms with Crippen LogP contribution in [0.4, 0.5) is 11.6 Å². The molecule has 0 amide bonds. The van der Waals surface area contributed by atoms with Crippen LogP contribution in [0.1, 0.15) is 70.9 Å². The molecule has 1 aliphatic carbocycles. The lowest BCUT2D eigenvalue weighted by molar-refractivity contribution is 0.0698. The number of carboxylic acid groups (broad SMARTS) is 1. The number of aromatic carboxylic acids is 1. The predicted octanol–water partition coefficient (Wildman–Crippen LogP) is 5.96. The van der Waals surface area contributed by atoms with Crippen LogP contribution in [-0.4, -0.2) is 20.6 Å². The summed E-state index contributed by atoms with van der Waals surface area (Å²) in [4.78, 5) is 33.2. The van der Waals surface area contributed by atoms with Crippen LogP contribution in [-0.2, 0) is 13.1 Å². The van der Waals surface area contributed by atoms with Gasteiger partial charge < -0.3 is 15.3 Å². The number of nitrogens with zero attached hydrogens (tertiary/aromatic N) is 4. The van der Waals surface area contributed by atoms with Gasteiger partial charge in [-0.05, 0) is 68.0 Å². The molecule has 0 radical (unpaired) electrons. The zero-order valence-electron chi connectivity index (χ0n) is 22.1. The number of aryl methyl sites for hydroxylation is 1. The highest BCUT2D eigenvalue weighted by Gasteiger charge is 2.30. The first-order valence-corrected chi connectivity index (χ1v) is 13.1. The van der Waals surface area contributed by atoms with Crippen LogP contribution in [0, 0.1) is 18.8 Å². The molecule has 1 aliphatic heterocycles. The largest absolute Gasteiger partial charge is 0.478 e. The van der Waals surface area contributed by atoms with E-state index in [1.807, 2.05) is 36.6 Å². The fourth-order valence-corrected chi connectivity index (χ4v) is 5.58.